The molecule has 0 aliphatic heterocycles. The standard InChI is InChI=1S/C10H12FNO2/c1-14-10(13)9(12)6-7-2-4-8(11)5-3-7/h2-5,9H,6,12H2,1H3/p+1/t9-/m1/s1. The summed E-state index contributed by atoms with van der Waals surface area (Å²) in [7, 11) is 1.32. The van der Waals surface area contributed by atoms with E-state index in [0.717, 1.165) is 5.56 Å². The molecule has 0 fully saturated rings. The maximum absolute atomic E-state index is 12.5. The van der Waals surface area contributed by atoms with Crippen LogP contribution in [-0.2, 0) is 16.0 Å². The number of hydrogen-bond acceptors (Lipinski definition) is 2. The van der Waals surface area contributed by atoms with Gasteiger partial charge >= 0.3 is 5.97 Å². The van der Waals surface area contributed by atoms with E-state index in [9.17, 15) is 9.18 Å². The minimum Gasteiger partial charge on any atom is -0.465 e. The maximum atomic E-state index is 12.5. The van der Waals surface area contributed by atoms with Crippen molar-refractivity contribution in [2.45, 2.75) is 12.5 Å². The predicted molar refractivity (Wildman–Crippen MR) is 48.8 cm³/mol. The van der Waals surface area contributed by atoms with Crippen LogP contribution in [-0.4, -0.2) is 19.1 Å². The molecule has 0 aliphatic rings. The Morgan fingerprint density at radius 2 is 2.07 bits per heavy atom. The van der Waals surface area contributed by atoms with Crippen LogP contribution in [0.3, 0.4) is 0 Å². The van der Waals surface area contributed by atoms with Crippen molar-refractivity contribution < 1.29 is 19.7 Å². The number of carbonyl (C=O) groups excluding carboxylic acids is 1. The lowest BCUT2D eigenvalue weighted by atomic mass is 10.1. The number of benzene rings is 1. The quantitative estimate of drug-likeness (QED) is 0.703. The van der Waals surface area contributed by atoms with Crippen LogP contribution < -0.4 is 5.73 Å². The Morgan fingerprint density at radius 1 is 1.50 bits per heavy atom. The number of carbonyl (C=O) groups is 1. The van der Waals surface area contributed by atoms with Crippen molar-refractivity contribution in [2.75, 3.05) is 7.11 Å². The molecule has 4 heteroatoms. The second-order valence-electron chi connectivity index (χ2n) is 3.05. The van der Waals surface area contributed by atoms with Crippen molar-refractivity contribution >= 4 is 5.97 Å². The molecule has 3 N–H and O–H groups in total. The number of esters is 1. The molecule has 0 aromatic heterocycles. The fourth-order valence-electron chi connectivity index (χ4n) is 1.16. The third-order valence-electron chi connectivity index (χ3n) is 1.93. The lowest BCUT2D eigenvalue weighted by Gasteiger charge is -2.05. The fraction of sp³-hybridized carbons (Fsp3) is 0.300. The molecule has 0 saturated carbocycles. The SMILES string of the molecule is COC(=O)[C@H]([NH3+])Cc1ccc(F)cc1. The van der Waals surface area contributed by atoms with Gasteiger partial charge in [0.05, 0.1) is 7.11 Å². The summed E-state index contributed by atoms with van der Waals surface area (Å²) in [5, 5.41) is 0. The molecule has 14 heavy (non-hydrogen) atoms. The lowest BCUT2D eigenvalue weighted by Crippen LogP contribution is -2.66. The highest BCUT2D eigenvalue weighted by atomic mass is 19.1. The molecule has 0 heterocycles. The molecule has 3 nitrogen and oxygen atoms in total. The first-order valence-corrected chi connectivity index (χ1v) is 4.29. The van der Waals surface area contributed by atoms with Gasteiger partial charge in [-0.2, -0.15) is 0 Å². The van der Waals surface area contributed by atoms with Crippen molar-refractivity contribution in [3.05, 3.63) is 35.6 Å². The number of rotatable bonds is 3. The third-order valence-corrected chi connectivity index (χ3v) is 1.93. The molecule has 0 radical (unpaired) electrons. The van der Waals surface area contributed by atoms with Crippen LogP contribution in [0.4, 0.5) is 4.39 Å². The van der Waals surface area contributed by atoms with Crippen molar-refractivity contribution in [3.8, 4) is 0 Å². The Bertz CT molecular complexity index is 310. The Labute approximate surface area is 81.7 Å². The summed E-state index contributed by atoms with van der Waals surface area (Å²) in [6, 6.07) is 5.55. The van der Waals surface area contributed by atoms with Crippen LogP contribution in [0.15, 0.2) is 24.3 Å². The van der Waals surface area contributed by atoms with Crippen LogP contribution >= 0.6 is 0 Å². The number of quaternary nitrogens is 1. The van der Waals surface area contributed by atoms with Crippen molar-refractivity contribution in [1.29, 1.82) is 0 Å². The van der Waals surface area contributed by atoms with E-state index in [2.05, 4.69) is 10.5 Å². The maximum Gasteiger partial charge on any atom is 0.364 e. The van der Waals surface area contributed by atoms with Crippen molar-refractivity contribution in [3.63, 3.8) is 0 Å². The summed E-state index contributed by atoms with van der Waals surface area (Å²) in [6.45, 7) is 0. The molecule has 1 atom stereocenters. The van der Waals surface area contributed by atoms with Crippen LogP contribution in [0, 0.1) is 5.82 Å². The van der Waals surface area contributed by atoms with E-state index in [1.807, 2.05) is 0 Å². The molecule has 1 rings (SSSR count). The van der Waals surface area contributed by atoms with Gasteiger partial charge in [-0.1, -0.05) is 12.1 Å². The van der Waals surface area contributed by atoms with Gasteiger partial charge in [-0.05, 0) is 17.7 Å². The molecule has 0 bridgehead atoms. The van der Waals surface area contributed by atoms with Gasteiger partial charge < -0.3 is 10.5 Å². The highest BCUT2D eigenvalue weighted by Crippen LogP contribution is 2.04. The van der Waals surface area contributed by atoms with E-state index >= 15 is 0 Å². The zero-order chi connectivity index (χ0) is 10.6. The van der Waals surface area contributed by atoms with Crippen LogP contribution in [0.1, 0.15) is 5.56 Å². The van der Waals surface area contributed by atoms with E-state index in [-0.39, 0.29) is 11.8 Å². The largest absolute Gasteiger partial charge is 0.465 e. The van der Waals surface area contributed by atoms with E-state index < -0.39 is 6.04 Å². The molecular formula is C10H13FNO2+. The first kappa shape index (κ1) is 10.7. The van der Waals surface area contributed by atoms with Crippen LogP contribution in [0.2, 0.25) is 0 Å². The first-order chi connectivity index (χ1) is 6.63. The van der Waals surface area contributed by atoms with Crippen molar-refractivity contribution in [1.82, 2.24) is 0 Å². The van der Waals surface area contributed by atoms with Gasteiger partial charge in [0.15, 0.2) is 6.04 Å². The van der Waals surface area contributed by atoms with Gasteiger partial charge in [0.25, 0.3) is 0 Å². The molecule has 0 spiro atoms. The van der Waals surface area contributed by atoms with Gasteiger partial charge in [0, 0.05) is 6.42 Å². The number of halogens is 1. The number of ether oxygens (including phenoxy) is 1. The molecule has 1 aromatic carbocycles. The zero-order valence-electron chi connectivity index (χ0n) is 8.00. The van der Waals surface area contributed by atoms with E-state index in [4.69, 9.17) is 0 Å². The highest BCUT2D eigenvalue weighted by Gasteiger charge is 2.17. The Balaban J connectivity index is 2.60. The van der Waals surface area contributed by atoms with Gasteiger partial charge in [0.2, 0.25) is 0 Å². The average molecular weight is 198 g/mol. The minimum atomic E-state index is -0.439. The van der Waals surface area contributed by atoms with Gasteiger partial charge in [-0.15, -0.1) is 0 Å². The molecular weight excluding hydrogens is 185 g/mol. The Kier molecular flexibility index (Phi) is 3.59. The number of methoxy groups -OCH3 is 1. The summed E-state index contributed by atoms with van der Waals surface area (Å²) < 4.78 is 17.1. The highest BCUT2D eigenvalue weighted by molar-refractivity contribution is 5.74. The van der Waals surface area contributed by atoms with Gasteiger partial charge in [-0.3, -0.25) is 0 Å². The molecule has 0 amide bonds. The van der Waals surface area contributed by atoms with Gasteiger partial charge in [0.1, 0.15) is 5.82 Å². The zero-order valence-corrected chi connectivity index (χ0v) is 8.00. The van der Waals surface area contributed by atoms with Crippen molar-refractivity contribution in [2.24, 2.45) is 0 Å². The van der Waals surface area contributed by atoms with Gasteiger partial charge in [-0.25, -0.2) is 9.18 Å². The van der Waals surface area contributed by atoms with Crippen LogP contribution in [0.25, 0.3) is 0 Å². The first-order valence-electron chi connectivity index (χ1n) is 4.29. The van der Waals surface area contributed by atoms with E-state index in [1.54, 1.807) is 12.1 Å². The summed E-state index contributed by atoms with van der Waals surface area (Å²) >= 11 is 0. The summed E-state index contributed by atoms with van der Waals surface area (Å²) in [5.41, 5.74) is 4.53. The monoisotopic (exact) mass is 198 g/mol. The molecule has 0 aliphatic carbocycles. The molecule has 0 saturated heterocycles. The molecule has 1 aromatic rings. The predicted octanol–water partition coefficient (Wildman–Crippen LogP) is 0.152. The van der Waals surface area contributed by atoms with E-state index in [0.29, 0.717) is 6.42 Å². The van der Waals surface area contributed by atoms with Crippen LogP contribution in [0.5, 0.6) is 0 Å². The average Bonchev–Trinajstić information content (AvgIpc) is 2.20. The summed E-state index contributed by atoms with van der Waals surface area (Å²) in [6.07, 6.45) is 0.465. The smallest absolute Gasteiger partial charge is 0.364 e. The topological polar surface area (TPSA) is 53.9 Å². The lowest BCUT2D eigenvalue weighted by molar-refractivity contribution is -0.407. The summed E-state index contributed by atoms with van der Waals surface area (Å²) in [4.78, 5) is 11.0. The normalized spacial score (nSPS) is 12.2. The molecule has 0 unspecified atom stereocenters. The van der Waals surface area contributed by atoms with E-state index in [1.165, 1.54) is 19.2 Å². The number of hydrogen-bond donors (Lipinski definition) is 1. The summed E-state index contributed by atoms with van der Waals surface area (Å²) in [5.74, 6) is -0.637. The minimum absolute atomic E-state index is 0.285. The Morgan fingerprint density at radius 3 is 2.57 bits per heavy atom. The Hall–Kier alpha value is -1.42. The third kappa shape index (κ3) is 2.81. The second kappa shape index (κ2) is 4.72. The second-order valence-corrected chi connectivity index (χ2v) is 3.05. The molecule has 76 valence electrons. The fourth-order valence-corrected chi connectivity index (χ4v) is 1.16.